The highest BCUT2D eigenvalue weighted by atomic mass is 19.4. The molecule has 17 heavy (non-hydrogen) atoms. The van der Waals surface area contributed by atoms with Gasteiger partial charge in [-0.1, -0.05) is 0 Å². The lowest BCUT2D eigenvalue weighted by molar-refractivity contribution is -0.176. The zero-order chi connectivity index (χ0) is 12.5. The van der Waals surface area contributed by atoms with Gasteiger partial charge in [-0.15, -0.1) is 0 Å². The maximum atomic E-state index is 12.7. The average molecular weight is 245 g/mol. The molecule has 1 aromatic heterocycles. The van der Waals surface area contributed by atoms with E-state index in [2.05, 4.69) is 4.98 Å². The van der Waals surface area contributed by atoms with E-state index in [1.165, 1.54) is 0 Å². The number of halogens is 3. The molecule has 1 fully saturated rings. The Morgan fingerprint density at radius 3 is 2.82 bits per heavy atom. The van der Waals surface area contributed by atoms with Crippen LogP contribution >= 0.6 is 0 Å². The molecule has 0 spiro atoms. The van der Waals surface area contributed by atoms with E-state index < -0.39 is 12.1 Å². The van der Waals surface area contributed by atoms with E-state index in [4.69, 9.17) is 5.73 Å². The largest absolute Gasteiger partial charge is 0.396 e. The average Bonchev–Trinajstić information content (AvgIpc) is 2.29. The van der Waals surface area contributed by atoms with Crippen LogP contribution in [0.5, 0.6) is 0 Å². The molecule has 1 atom stereocenters. The zero-order valence-electron chi connectivity index (χ0n) is 9.24. The van der Waals surface area contributed by atoms with Crippen molar-refractivity contribution in [1.82, 2.24) is 4.98 Å². The highest BCUT2D eigenvalue weighted by Gasteiger charge is 2.42. The van der Waals surface area contributed by atoms with Crippen molar-refractivity contribution in [3.8, 4) is 0 Å². The third-order valence-electron chi connectivity index (χ3n) is 3.00. The van der Waals surface area contributed by atoms with Crippen molar-refractivity contribution in [2.45, 2.75) is 19.0 Å². The van der Waals surface area contributed by atoms with Crippen molar-refractivity contribution in [2.24, 2.45) is 5.92 Å². The van der Waals surface area contributed by atoms with Crippen LogP contribution in [0.1, 0.15) is 12.8 Å². The first-order valence-corrected chi connectivity index (χ1v) is 5.50. The maximum Gasteiger partial charge on any atom is 0.393 e. The number of anilines is 2. The molecule has 0 saturated carbocycles. The molecule has 0 radical (unpaired) electrons. The molecular weight excluding hydrogens is 231 g/mol. The molecule has 2 rings (SSSR count). The van der Waals surface area contributed by atoms with Crippen LogP contribution in [0.25, 0.3) is 0 Å². The van der Waals surface area contributed by atoms with Gasteiger partial charge in [-0.25, -0.2) is 4.98 Å². The summed E-state index contributed by atoms with van der Waals surface area (Å²) in [6.07, 6.45) is -1.89. The summed E-state index contributed by atoms with van der Waals surface area (Å²) in [5.74, 6) is -0.820. The summed E-state index contributed by atoms with van der Waals surface area (Å²) < 4.78 is 38.0. The number of piperidine rings is 1. The Morgan fingerprint density at radius 2 is 2.18 bits per heavy atom. The molecule has 2 N–H and O–H groups in total. The number of nitrogens with zero attached hydrogens (tertiary/aromatic N) is 2. The minimum atomic E-state index is -4.14. The molecule has 94 valence electrons. The predicted molar refractivity (Wildman–Crippen MR) is 59.6 cm³/mol. The topological polar surface area (TPSA) is 42.1 Å². The molecule has 1 aliphatic heterocycles. The lowest BCUT2D eigenvalue weighted by Gasteiger charge is -2.34. The van der Waals surface area contributed by atoms with Gasteiger partial charge in [0, 0.05) is 19.3 Å². The minimum Gasteiger partial charge on any atom is -0.396 e. The first kappa shape index (κ1) is 12.0. The summed E-state index contributed by atoms with van der Waals surface area (Å²) in [4.78, 5) is 5.67. The number of nitrogen functional groups attached to an aromatic ring is 1. The minimum absolute atomic E-state index is 0.0509. The van der Waals surface area contributed by atoms with Crippen molar-refractivity contribution in [3.05, 3.63) is 18.3 Å². The van der Waals surface area contributed by atoms with Crippen LogP contribution in [-0.2, 0) is 0 Å². The number of pyridine rings is 1. The molecule has 0 unspecified atom stereocenters. The zero-order valence-corrected chi connectivity index (χ0v) is 9.24. The molecular formula is C11H14F3N3. The van der Waals surface area contributed by atoms with Gasteiger partial charge in [0.1, 0.15) is 0 Å². The highest BCUT2D eigenvalue weighted by Crippen LogP contribution is 2.35. The standard InChI is InChI=1S/C11H14F3N3/c12-11(13,14)8-3-2-6-17(7-8)10-9(15)4-1-5-16-10/h1,4-5,8H,2-3,6-7,15H2/t8-/m1/s1. The van der Waals surface area contributed by atoms with Crippen molar-refractivity contribution in [2.75, 3.05) is 23.7 Å². The van der Waals surface area contributed by atoms with Gasteiger partial charge < -0.3 is 10.6 Å². The molecule has 1 aromatic rings. The number of hydrogen-bond acceptors (Lipinski definition) is 3. The van der Waals surface area contributed by atoms with Crippen LogP contribution in [0.2, 0.25) is 0 Å². The Balaban J connectivity index is 2.15. The molecule has 1 saturated heterocycles. The van der Waals surface area contributed by atoms with Crippen molar-refractivity contribution in [1.29, 1.82) is 0 Å². The second-order valence-corrected chi connectivity index (χ2v) is 4.24. The normalized spacial score (nSPS) is 21.6. The van der Waals surface area contributed by atoms with Gasteiger partial charge in [-0.05, 0) is 25.0 Å². The van der Waals surface area contributed by atoms with Crippen LogP contribution in [-0.4, -0.2) is 24.2 Å². The van der Waals surface area contributed by atoms with Crippen LogP contribution in [0.15, 0.2) is 18.3 Å². The fraction of sp³-hybridized carbons (Fsp3) is 0.545. The SMILES string of the molecule is Nc1cccnc1N1CCC[C@@H](C(F)(F)F)C1. The molecule has 0 aromatic carbocycles. The van der Waals surface area contributed by atoms with Gasteiger partial charge in [-0.3, -0.25) is 0 Å². The lowest BCUT2D eigenvalue weighted by atomic mass is 9.97. The summed E-state index contributed by atoms with van der Waals surface area (Å²) in [5, 5.41) is 0. The van der Waals surface area contributed by atoms with Crippen molar-refractivity contribution < 1.29 is 13.2 Å². The smallest absolute Gasteiger partial charge is 0.393 e. The van der Waals surface area contributed by atoms with E-state index in [-0.39, 0.29) is 13.0 Å². The third-order valence-corrected chi connectivity index (χ3v) is 3.00. The van der Waals surface area contributed by atoms with Gasteiger partial charge >= 0.3 is 6.18 Å². The third kappa shape index (κ3) is 2.62. The molecule has 1 aliphatic rings. The van der Waals surface area contributed by atoms with Gasteiger partial charge in [0.25, 0.3) is 0 Å². The second kappa shape index (κ2) is 4.43. The monoisotopic (exact) mass is 245 g/mol. The van der Waals surface area contributed by atoms with E-state index in [1.807, 2.05) is 0 Å². The number of hydrogen-bond donors (Lipinski definition) is 1. The van der Waals surface area contributed by atoms with Gasteiger partial charge in [-0.2, -0.15) is 13.2 Å². The number of alkyl halides is 3. The summed E-state index contributed by atoms with van der Waals surface area (Å²) in [5.41, 5.74) is 6.15. The Morgan fingerprint density at radius 1 is 1.41 bits per heavy atom. The second-order valence-electron chi connectivity index (χ2n) is 4.24. The first-order valence-electron chi connectivity index (χ1n) is 5.50. The summed E-state index contributed by atoms with van der Waals surface area (Å²) >= 11 is 0. The highest BCUT2D eigenvalue weighted by molar-refractivity contribution is 5.62. The Labute approximate surface area is 97.4 Å². The molecule has 6 heteroatoms. The maximum absolute atomic E-state index is 12.7. The summed E-state index contributed by atoms with van der Waals surface area (Å²) in [6.45, 7) is 0.526. The van der Waals surface area contributed by atoms with Crippen molar-refractivity contribution in [3.63, 3.8) is 0 Å². The summed E-state index contributed by atoms with van der Waals surface area (Å²) in [6, 6.07) is 3.32. The fourth-order valence-corrected chi connectivity index (χ4v) is 2.11. The van der Waals surface area contributed by atoms with E-state index >= 15 is 0 Å². The van der Waals surface area contributed by atoms with Crippen LogP contribution in [0.3, 0.4) is 0 Å². The van der Waals surface area contributed by atoms with Crippen LogP contribution in [0, 0.1) is 5.92 Å². The lowest BCUT2D eigenvalue weighted by Crippen LogP contribution is -2.42. The van der Waals surface area contributed by atoms with E-state index in [9.17, 15) is 13.2 Å². The molecule has 0 aliphatic carbocycles. The summed E-state index contributed by atoms with van der Waals surface area (Å²) in [7, 11) is 0. The molecule has 2 heterocycles. The van der Waals surface area contributed by atoms with Crippen LogP contribution in [0.4, 0.5) is 24.7 Å². The van der Waals surface area contributed by atoms with Crippen molar-refractivity contribution >= 4 is 11.5 Å². The quantitative estimate of drug-likeness (QED) is 0.826. The molecule has 3 nitrogen and oxygen atoms in total. The Hall–Kier alpha value is -1.46. The Kier molecular flexibility index (Phi) is 3.13. The number of nitrogens with two attached hydrogens (primary N) is 1. The van der Waals surface area contributed by atoms with Crippen LogP contribution < -0.4 is 10.6 Å². The van der Waals surface area contributed by atoms with E-state index in [0.29, 0.717) is 24.5 Å². The number of rotatable bonds is 1. The first-order chi connectivity index (χ1) is 7.98. The fourth-order valence-electron chi connectivity index (χ4n) is 2.11. The molecule has 0 amide bonds. The predicted octanol–water partition coefficient (Wildman–Crippen LogP) is 2.44. The number of aromatic nitrogens is 1. The van der Waals surface area contributed by atoms with Gasteiger partial charge in [0.2, 0.25) is 0 Å². The van der Waals surface area contributed by atoms with E-state index in [1.54, 1.807) is 23.2 Å². The van der Waals surface area contributed by atoms with Gasteiger partial charge in [0.05, 0.1) is 11.6 Å². The van der Waals surface area contributed by atoms with E-state index in [0.717, 1.165) is 0 Å². The Bertz CT molecular complexity index is 392. The van der Waals surface area contributed by atoms with Gasteiger partial charge in [0.15, 0.2) is 5.82 Å². The molecule has 0 bridgehead atoms.